The Balaban J connectivity index is 1.39. The van der Waals surface area contributed by atoms with Crippen LogP contribution in [0, 0.1) is 41.4 Å². The highest BCUT2D eigenvalue weighted by Crippen LogP contribution is 2.57. The number of ether oxygens (including phenoxy) is 2. The van der Waals surface area contributed by atoms with Gasteiger partial charge in [-0.3, -0.25) is 0 Å². The van der Waals surface area contributed by atoms with E-state index in [0.717, 1.165) is 25.7 Å². The minimum Gasteiger partial charge on any atom is -0.434 e. The Morgan fingerprint density at radius 1 is 1.13 bits per heavy atom. The maximum atomic E-state index is 12.0. The van der Waals surface area contributed by atoms with Crippen LogP contribution in [-0.4, -0.2) is 30.6 Å². The van der Waals surface area contributed by atoms with Crippen LogP contribution in [0.15, 0.2) is 0 Å². The summed E-state index contributed by atoms with van der Waals surface area (Å²) in [5.41, 5.74) is 0. The van der Waals surface area contributed by atoms with E-state index in [1.54, 1.807) is 0 Å². The predicted octanol–water partition coefficient (Wildman–Crippen LogP) is 3.86. The van der Waals surface area contributed by atoms with Gasteiger partial charge in [-0.1, -0.05) is 27.2 Å². The van der Waals surface area contributed by atoms with Crippen LogP contribution in [0.25, 0.3) is 0 Å². The lowest BCUT2D eigenvalue weighted by atomic mass is 9.75. The molecule has 0 aromatic heterocycles. The average molecular weight is 324 g/mol. The molecule has 7 atom stereocenters. The highest BCUT2D eigenvalue weighted by molar-refractivity contribution is 5.60. The molecule has 3 rings (SSSR count). The average Bonchev–Trinajstić information content (AvgIpc) is 3.38. The van der Waals surface area contributed by atoms with Gasteiger partial charge in [-0.05, 0) is 67.1 Å². The first-order valence-electron chi connectivity index (χ1n) is 9.43. The molecule has 0 unspecified atom stereocenters. The molecule has 4 nitrogen and oxygen atoms in total. The number of aliphatic hydroxyl groups excluding tert-OH is 1. The molecule has 3 saturated carbocycles. The number of hydrogen-bond acceptors (Lipinski definition) is 4. The van der Waals surface area contributed by atoms with Crippen molar-refractivity contribution in [2.24, 2.45) is 41.4 Å². The molecule has 0 saturated heterocycles. The molecule has 3 aliphatic rings. The molecule has 1 N–H and O–H groups in total. The summed E-state index contributed by atoms with van der Waals surface area (Å²) in [7, 11) is 0. The molecule has 0 aromatic rings. The third-order valence-corrected chi connectivity index (χ3v) is 6.36. The number of aliphatic hydroxyl groups is 1. The van der Waals surface area contributed by atoms with Gasteiger partial charge in [0.2, 0.25) is 0 Å². The van der Waals surface area contributed by atoms with Gasteiger partial charge >= 0.3 is 6.16 Å². The molecule has 0 amide bonds. The van der Waals surface area contributed by atoms with Crippen molar-refractivity contribution in [1.29, 1.82) is 0 Å². The molecular formula is C19H32O4. The summed E-state index contributed by atoms with van der Waals surface area (Å²) < 4.78 is 11.1. The largest absolute Gasteiger partial charge is 0.508 e. The maximum absolute atomic E-state index is 12.0. The van der Waals surface area contributed by atoms with Gasteiger partial charge in [0.15, 0.2) is 0 Å². The number of rotatable bonds is 6. The quantitative estimate of drug-likeness (QED) is 0.754. The van der Waals surface area contributed by atoms with E-state index in [-0.39, 0.29) is 6.10 Å². The zero-order valence-corrected chi connectivity index (χ0v) is 14.7. The van der Waals surface area contributed by atoms with Gasteiger partial charge in [0, 0.05) is 6.61 Å². The Labute approximate surface area is 139 Å². The summed E-state index contributed by atoms with van der Waals surface area (Å²) in [6, 6.07) is 0. The number of hydrogen-bond donors (Lipinski definition) is 1. The molecule has 4 heteroatoms. The first kappa shape index (κ1) is 17.1. The summed E-state index contributed by atoms with van der Waals surface area (Å²) in [6.07, 6.45) is 5.17. The van der Waals surface area contributed by atoms with Gasteiger partial charge in [-0.25, -0.2) is 4.79 Å². The Morgan fingerprint density at radius 2 is 1.83 bits per heavy atom. The Bertz CT molecular complexity index is 422. The second-order valence-corrected chi connectivity index (χ2v) is 8.55. The normalized spacial score (nSPS) is 42.4. The van der Waals surface area contributed by atoms with Crippen molar-refractivity contribution in [3.05, 3.63) is 0 Å². The summed E-state index contributed by atoms with van der Waals surface area (Å²) >= 11 is 0. The standard InChI is InChI=1S/C19H32O4/c1-11(2)15-5-4-12(3)6-18(15)23-19(21)22-10-14-8-17(14)16-7-13(16)9-20/h11-18,20H,4-10H2,1-3H3/t12-,13+,14+,15+,16-,17-,18-/m1/s1. The molecule has 0 bridgehead atoms. The molecule has 3 fully saturated rings. The second-order valence-electron chi connectivity index (χ2n) is 8.55. The van der Waals surface area contributed by atoms with Gasteiger partial charge in [-0.15, -0.1) is 0 Å². The van der Waals surface area contributed by atoms with E-state index in [0.29, 0.717) is 54.6 Å². The van der Waals surface area contributed by atoms with Crippen LogP contribution in [0.4, 0.5) is 4.79 Å². The van der Waals surface area contributed by atoms with Gasteiger partial charge in [-0.2, -0.15) is 0 Å². The van der Waals surface area contributed by atoms with Crippen LogP contribution in [0.1, 0.15) is 52.9 Å². The van der Waals surface area contributed by atoms with E-state index in [1.807, 2.05) is 0 Å². The minimum absolute atomic E-state index is 0.0171. The first-order valence-corrected chi connectivity index (χ1v) is 9.43. The SMILES string of the molecule is CC(C)[C@@H]1CC[C@@H](C)C[C@H]1OC(=O)OC[C@@H]1C[C@H]1[C@@H]1C[C@H]1CO. The fraction of sp³-hybridized carbons (Fsp3) is 0.947. The van der Waals surface area contributed by atoms with Crippen molar-refractivity contribution >= 4 is 6.16 Å². The van der Waals surface area contributed by atoms with Gasteiger partial charge < -0.3 is 14.6 Å². The zero-order valence-electron chi connectivity index (χ0n) is 14.7. The highest BCUT2D eigenvalue weighted by atomic mass is 16.7. The van der Waals surface area contributed by atoms with Gasteiger partial charge in [0.05, 0.1) is 6.61 Å². The molecule has 23 heavy (non-hydrogen) atoms. The van der Waals surface area contributed by atoms with Crippen LogP contribution >= 0.6 is 0 Å². The molecule has 132 valence electrons. The van der Waals surface area contributed by atoms with Crippen LogP contribution in [0.5, 0.6) is 0 Å². The zero-order chi connectivity index (χ0) is 16.6. The fourth-order valence-electron chi connectivity index (χ4n) is 4.58. The summed E-state index contributed by atoms with van der Waals surface area (Å²) in [4.78, 5) is 12.0. The highest BCUT2D eigenvalue weighted by Gasteiger charge is 2.53. The predicted molar refractivity (Wildman–Crippen MR) is 87.8 cm³/mol. The van der Waals surface area contributed by atoms with Gasteiger partial charge in [0.1, 0.15) is 6.10 Å². The Morgan fingerprint density at radius 3 is 2.48 bits per heavy atom. The summed E-state index contributed by atoms with van der Waals surface area (Å²) in [6.45, 7) is 7.47. The lowest BCUT2D eigenvalue weighted by Gasteiger charge is -2.36. The van der Waals surface area contributed by atoms with Crippen molar-refractivity contribution in [3.63, 3.8) is 0 Å². The summed E-state index contributed by atoms with van der Waals surface area (Å²) in [5, 5.41) is 9.13. The number of carbonyl (C=O) groups is 1. The molecule has 0 aromatic carbocycles. The topological polar surface area (TPSA) is 55.8 Å². The molecule has 0 spiro atoms. The number of carbonyl (C=O) groups excluding carboxylic acids is 1. The molecular weight excluding hydrogens is 292 g/mol. The van der Waals surface area contributed by atoms with Crippen LogP contribution in [-0.2, 0) is 9.47 Å². The van der Waals surface area contributed by atoms with E-state index in [4.69, 9.17) is 14.6 Å². The van der Waals surface area contributed by atoms with Crippen molar-refractivity contribution in [2.75, 3.05) is 13.2 Å². The van der Waals surface area contributed by atoms with Crippen molar-refractivity contribution in [2.45, 2.75) is 59.0 Å². The minimum atomic E-state index is -0.477. The lowest BCUT2D eigenvalue weighted by molar-refractivity contribution is -0.0333. The van der Waals surface area contributed by atoms with Gasteiger partial charge in [0.25, 0.3) is 0 Å². The second kappa shape index (κ2) is 7.00. The molecule has 3 aliphatic carbocycles. The van der Waals surface area contributed by atoms with E-state index in [1.165, 1.54) is 6.42 Å². The van der Waals surface area contributed by atoms with Crippen LogP contribution < -0.4 is 0 Å². The third kappa shape index (κ3) is 4.20. The summed E-state index contributed by atoms with van der Waals surface area (Å²) in [5.74, 6) is 3.97. The Kier molecular flexibility index (Phi) is 5.19. The van der Waals surface area contributed by atoms with Crippen molar-refractivity contribution in [3.8, 4) is 0 Å². The van der Waals surface area contributed by atoms with Crippen molar-refractivity contribution < 1.29 is 19.4 Å². The molecule has 0 heterocycles. The van der Waals surface area contributed by atoms with Crippen LogP contribution in [0.3, 0.4) is 0 Å². The molecule has 0 aliphatic heterocycles. The van der Waals surface area contributed by atoms with E-state index < -0.39 is 6.16 Å². The lowest BCUT2D eigenvalue weighted by Crippen LogP contribution is -2.36. The van der Waals surface area contributed by atoms with E-state index in [9.17, 15) is 4.79 Å². The first-order chi connectivity index (χ1) is 11.0. The van der Waals surface area contributed by atoms with Crippen LogP contribution in [0.2, 0.25) is 0 Å². The Hall–Kier alpha value is -0.770. The monoisotopic (exact) mass is 324 g/mol. The molecule has 0 radical (unpaired) electrons. The van der Waals surface area contributed by atoms with Crippen molar-refractivity contribution in [1.82, 2.24) is 0 Å². The van der Waals surface area contributed by atoms with E-state index in [2.05, 4.69) is 20.8 Å². The smallest absolute Gasteiger partial charge is 0.434 e. The third-order valence-electron chi connectivity index (χ3n) is 6.36. The maximum Gasteiger partial charge on any atom is 0.508 e. The van der Waals surface area contributed by atoms with E-state index >= 15 is 0 Å². The fourth-order valence-corrected chi connectivity index (χ4v) is 4.58.